The number of rotatable bonds is 6. The van der Waals surface area contributed by atoms with Crippen molar-refractivity contribution in [1.82, 2.24) is 25.3 Å². The molecule has 1 saturated heterocycles. The third-order valence-electron chi connectivity index (χ3n) is 5.86. The predicted octanol–water partition coefficient (Wildman–Crippen LogP) is 5.17. The molecule has 0 unspecified atom stereocenters. The first-order chi connectivity index (χ1) is 17.1. The van der Waals surface area contributed by atoms with Crippen molar-refractivity contribution in [3.63, 3.8) is 0 Å². The van der Waals surface area contributed by atoms with Crippen molar-refractivity contribution < 1.29 is 14.1 Å². The summed E-state index contributed by atoms with van der Waals surface area (Å²) in [7, 11) is 0. The Labute approximate surface area is 210 Å². The van der Waals surface area contributed by atoms with Gasteiger partial charge in [0.1, 0.15) is 10.6 Å². The van der Waals surface area contributed by atoms with Crippen LogP contribution in [0.1, 0.15) is 25.6 Å². The molecule has 4 heterocycles. The van der Waals surface area contributed by atoms with Gasteiger partial charge < -0.3 is 14.6 Å². The van der Waals surface area contributed by atoms with Crippen molar-refractivity contribution in [2.24, 2.45) is 0 Å². The Morgan fingerprint density at radius 1 is 1.17 bits per heavy atom. The van der Waals surface area contributed by atoms with Crippen LogP contribution in [-0.2, 0) is 9.48 Å². The number of urea groups is 1. The SMILES string of the molecule is CCNC(=O)Nc1nc2cc(-c3cnc(C4(SO)CCOCC4)nc3)cc(-c3ccccn3)c2s1. The quantitative estimate of drug-likeness (QED) is 0.305. The number of nitrogens with one attached hydrogen (secondary N) is 2. The van der Waals surface area contributed by atoms with E-state index in [1.165, 1.54) is 11.3 Å². The molecule has 180 valence electrons. The molecule has 5 rings (SSSR count). The van der Waals surface area contributed by atoms with Crippen LogP contribution >= 0.6 is 23.4 Å². The Bertz CT molecular complexity index is 1320. The van der Waals surface area contributed by atoms with Crippen molar-refractivity contribution in [3.05, 3.63) is 54.7 Å². The molecule has 0 radical (unpaired) electrons. The summed E-state index contributed by atoms with van der Waals surface area (Å²) in [5, 5.41) is 6.03. The highest BCUT2D eigenvalue weighted by Gasteiger charge is 2.38. The summed E-state index contributed by atoms with van der Waals surface area (Å²) in [5.41, 5.74) is 4.18. The lowest BCUT2D eigenvalue weighted by Crippen LogP contribution is -2.32. The monoisotopic (exact) mass is 508 g/mol. The molecule has 1 aliphatic rings. The summed E-state index contributed by atoms with van der Waals surface area (Å²) in [6.45, 7) is 3.53. The zero-order chi connectivity index (χ0) is 24.3. The first-order valence-electron chi connectivity index (χ1n) is 11.3. The number of hydrogen-bond donors (Lipinski definition) is 3. The molecule has 4 aromatic rings. The van der Waals surface area contributed by atoms with Crippen LogP contribution in [0.2, 0.25) is 0 Å². The Morgan fingerprint density at radius 2 is 1.97 bits per heavy atom. The van der Waals surface area contributed by atoms with E-state index in [0.29, 0.717) is 43.6 Å². The highest BCUT2D eigenvalue weighted by Crippen LogP contribution is 2.42. The zero-order valence-electron chi connectivity index (χ0n) is 19.0. The van der Waals surface area contributed by atoms with Crippen molar-refractivity contribution >= 4 is 44.8 Å². The van der Waals surface area contributed by atoms with E-state index in [-0.39, 0.29) is 6.03 Å². The van der Waals surface area contributed by atoms with Crippen LogP contribution in [0, 0.1) is 0 Å². The summed E-state index contributed by atoms with van der Waals surface area (Å²) in [5.74, 6) is 0.602. The van der Waals surface area contributed by atoms with Gasteiger partial charge in [-0.15, -0.1) is 0 Å². The number of amides is 2. The van der Waals surface area contributed by atoms with E-state index in [1.807, 2.05) is 37.3 Å². The lowest BCUT2D eigenvalue weighted by molar-refractivity contribution is 0.0734. The number of hydrogen-bond acceptors (Lipinski definition) is 9. The molecule has 1 fully saturated rings. The normalized spacial score (nSPS) is 15.1. The third-order valence-corrected chi connectivity index (χ3v) is 7.82. The second-order valence-corrected chi connectivity index (χ2v) is 10.0. The average molecular weight is 509 g/mol. The Kier molecular flexibility index (Phi) is 6.91. The van der Waals surface area contributed by atoms with Gasteiger partial charge in [0.25, 0.3) is 0 Å². The van der Waals surface area contributed by atoms with Crippen molar-refractivity contribution in [1.29, 1.82) is 0 Å². The molecule has 3 N–H and O–H groups in total. The van der Waals surface area contributed by atoms with Crippen LogP contribution in [0.4, 0.5) is 9.93 Å². The molecule has 1 aliphatic heterocycles. The number of fused-ring (bicyclic) bond motifs is 1. The van der Waals surface area contributed by atoms with Gasteiger partial charge in [-0.2, -0.15) is 0 Å². The second-order valence-electron chi connectivity index (χ2n) is 8.08. The van der Waals surface area contributed by atoms with Crippen LogP contribution in [0.3, 0.4) is 0 Å². The maximum absolute atomic E-state index is 12.0. The van der Waals surface area contributed by atoms with Crippen molar-refractivity contribution in [3.8, 4) is 22.4 Å². The standard InChI is InChI=1S/C24H24N6O3S2/c1-2-25-22(31)30-23-29-19-12-15(11-17(20(19)34-23)18-5-3-4-8-26-18)16-13-27-21(28-14-16)24(35-32)6-9-33-10-7-24/h3-5,8,11-14,32H,2,6-7,9-10H2,1H3,(H2,25,29,30,31). The summed E-state index contributed by atoms with van der Waals surface area (Å²) in [6.07, 6.45) is 6.62. The number of carbonyl (C=O) groups is 1. The fraction of sp³-hybridized carbons (Fsp3) is 0.292. The predicted molar refractivity (Wildman–Crippen MR) is 139 cm³/mol. The number of benzene rings is 1. The van der Waals surface area contributed by atoms with Gasteiger partial charge >= 0.3 is 6.03 Å². The van der Waals surface area contributed by atoms with Gasteiger partial charge in [0.05, 0.1) is 15.9 Å². The molecule has 35 heavy (non-hydrogen) atoms. The lowest BCUT2D eigenvalue weighted by Gasteiger charge is -2.32. The summed E-state index contributed by atoms with van der Waals surface area (Å²) in [6, 6.07) is 9.47. The molecular formula is C24H24N6O3S2. The van der Waals surface area contributed by atoms with Gasteiger partial charge in [0.2, 0.25) is 0 Å². The van der Waals surface area contributed by atoms with E-state index in [0.717, 1.165) is 44.6 Å². The molecule has 0 bridgehead atoms. The minimum atomic E-state index is -0.547. The molecule has 2 amide bonds. The number of nitrogens with zero attached hydrogens (tertiary/aromatic N) is 4. The molecular weight excluding hydrogens is 484 g/mol. The van der Waals surface area contributed by atoms with E-state index in [4.69, 9.17) is 4.74 Å². The molecule has 3 aromatic heterocycles. The summed E-state index contributed by atoms with van der Waals surface area (Å²) < 4.78 is 15.8. The highest BCUT2D eigenvalue weighted by molar-refractivity contribution is 7.94. The summed E-state index contributed by atoms with van der Waals surface area (Å²) in [4.78, 5) is 30.5. The maximum atomic E-state index is 12.0. The van der Waals surface area contributed by atoms with Gasteiger partial charge in [0, 0.05) is 61.5 Å². The van der Waals surface area contributed by atoms with Crippen molar-refractivity contribution in [2.45, 2.75) is 24.5 Å². The van der Waals surface area contributed by atoms with Gasteiger partial charge in [0.15, 0.2) is 5.13 Å². The van der Waals surface area contributed by atoms with Gasteiger partial charge in [-0.05, 0) is 49.6 Å². The topological polar surface area (TPSA) is 122 Å². The fourth-order valence-electron chi connectivity index (χ4n) is 4.04. The highest BCUT2D eigenvalue weighted by atomic mass is 32.2. The smallest absolute Gasteiger partial charge is 0.321 e. The number of anilines is 1. The zero-order valence-corrected chi connectivity index (χ0v) is 20.7. The van der Waals surface area contributed by atoms with Crippen LogP contribution in [0.25, 0.3) is 32.6 Å². The first kappa shape index (κ1) is 23.6. The van der Waals surface area contributed by atoms with Crippen LogP contribution in [0.15, 0.2) is 48.9 Å². The maximum Gasteiger partial charge on any atom is 0.321 e. The molecule has 1 aromatic carbocycles. The van der Waals surface area contributed by atoms with E-state index >= 15 is 0 Å². The molecule has 11 heteroatoms. The number of pyridine rings is 1. The second kappa shape index (κ2) is 10.2. The third kappa shape index (κ3) is 4.85. The minimum Gasteiger partial charge on any atom is -0.381 e. The van der Waals surface area contributed by atoms with Gasteiger partial charge in [-0.1, -0.05) is 17.4 Å². The van der Waals surface area contributed by atoms with Crippen LogP contribution < -0.4 is 10.6 Å². The van der Waals surface area contributed by atoms with Gasteiger partial charge in [-0.25, -0.2) is 19.7 Å². The van der Waals surface area contributed by atoms with E-state index in [9.17, 15) is 9.35 Å². The number of thiazole rings is 1. The number of carbonyl (C=O) groups excluding carboxylic acids is 1. The molecule has 0 aliphatic carbocycles. The molecule has 0 spiro atoms. The first-order valence-corrected chi connectivity index (χ1v) is 12.8. The number of ether oxygens (including phenoxy) is 1. The van der Waals surface area contributed by atoms with Gasteiger partial charge in [-0.3, -0.25) is 10.3 Å². The fourth-order valence-corrected chi connectivity index (χ4v) is 5.54. The van der Waals surface area contributed by atoms with E-state index in [2.05, 4.69) is 30.6 Å². The molecule has 0 atom stereocenters. The lowest BCUT2D eigenvalue weighted by atomic mass is 9.97. The summed E-state index contributed by atoms with van der Waals surface area (Å²) >= 11 is 2.20. The molecule has 9 nitrogen and oxygen atoms in total. The Balaban J connectivity index is 1.55. The Morgan fingerprint density at radius 3 is 2.66 bits per heavy atom. The average Bonchev–Trinajstić information content (AvgIpc) is 3.31. The largest absolute Gasteiger partial charge is 0.381 e. The number of aromatic nitrogens is 4. The Hall–Kier alpha value is -3.12. The molecule has 0 saturated carbocycles. The van der Waals surface area contributed by atoms with E-state index < -0.39 is 4.75 Å². The van der Waals surface area contributed by atoms with Crippen molar-refractivity contribution in [2.75, 3.05) is 25.1 Å². The van der Waals surface area contributed by atoms with Crippen LogP contribution in [-0.4, -0.2) is 50.3 Å². The van der Waals surface area contributed by atoms with E-state index in [1.54, 1.807) is 18.6 Å². The minimum absolute atomic E-state index is 0.293. The van der Waals surface area contributed by atoms with Crippen LogP contribution in [0.5, 0.6) is 0 Å².